The minimum atomic E-state index is -1.04. The summed E-state index contributed by atoms with van der Waals surface area (Å²) in [5, 5.41) is 23.5. The second-order valence-corrected chi connectivity index (χ2v) is 12.0. The summed E-state index contributed by atoms with van der Waals surface area (Å²) in [5.41, 5.74) is 0.310. The minimum absolute atomic E-state index is 0.0561. The molecule has 226 valence electrons. The van der Waals surface area contributed by atoms with Crippen LogP contribution in [0.15, 0.2) is 48.5 Å². The molecule has 1 aliphatic carbocycles. The third-order valence-electron chi connectivity index (χ3n) is 9.33. The summed E-state index contributed by atoms with van der Waals surface area (Å²) in [6.07, 6.45) is 7.09. The molecular formula is C33H43N3O6. The Morgan fingerprint density at radius 3 is 2.40 bits per heavy atom. The highest BCUT2D eigenvalue weighted by Gasteiger charge is 2.55. The maximum atomic E-state index is 13.8. The number of nitrogens with zero attached hydrogens (tertiary/aromatic N) is 2. The molecule has 1 saturated carbocycles. The number of benzene rings is 2. The summed E-state index contributed by atoms with van der Waals surface area (Å²) in [7, 11) is 0. The number of piperazine rings is 1. The van der Waals surface area contributed by atoms with Crippen LogP contribution < -0.4 is 10.1 Å². The third-order valence-corrected chi connectivity index (χ3v) is 9.33. The topological polar surface area (TPSA) is 119 Å². The van der Waals surface area contributed by atoms with E-state index in [0.717, 1.165) is 50.5 Å². The molecule has 0 radical (unpaired) electrons. The SMILES string of the molecule is CCCCN1C(=O)[C@@H]([C@H](O)C2CCCCC2)NC(=O)C12CCN(Cc1ccc(Oc3ccccc3C(=O)O)cc1)CC2. The van der Waals surface area contributed by atoms with Crippen LogP contribution in [-0.2, 0) is 16.1 Å². The molecule has 2 aromatic rings. The number of aliphatic hydroxyl groups excluding tert-OH is 1. The van der Waals surface area contributed by atoms with Crippen molar-refractivity contribution >= 4 is 17.8 Å². The second kappa shape index (κ2) is 13.3. The molecule has 2 amide bonds. The molecule has 9 heteroatoms. The number of para-hydroxylation sites is 1. The van der Waals surface area contributed by atoms with Gasteiger partial charge in [-0.15, -0.1) is 0 Å². The molecule has 2 heterocycles. The summed E-state index contributed by atoms with van der Waals surface area (Å²) in [4.78, 5) is 43.1. The minimum Gasteiger partial charge on any atom is -0.478 e. The highest BCUT2D eigenvalue weighted by Crippen LogP contribution is 2.36. The van der Waals surface area contributed by atoms with Crippen LogP contribution in [0.1, 0.15) is 80.6 Å². The number of aliphatic hydroxyl groups is 1. The summed E-state index contributed by atoms with van der Waals surface area (Å²) in [6, 6.07) is 13.3. The van der Waals surface area contributed by atoms with Gasteiger partial charge < -0.3 is 25.2 Å². The van der Waals surface area contributed by atoms with E-state index >= 15 is 0 Å². The predicted octanol–water partition coefficient (Wildman–Crippen LogP) is 4.58. The number of hydrogen-bond donors (Lipinski definition) is 3. The van der Waals surface area contributed by atoms with Crippen LogP contribution in [0.25, 0.3) is 0 Å². The third kappa shape index (κ3) is 6.32. The Morgan fingerprint density at radius 2 is 1.74 bits per heavy atom. The summed E-state index contributed by atoms with van der Waals surface area (Å²) in [5.74, 6) is -0.391. The summed E-state index contributed by atoms with van der Waals surface area (Å²) in [6.45, 7) is 4.64. The lowest BCUT2D eigenvalue weighted by molar-refractivity contribution is -0.166. The van der Waals surface area contributed by atoms with Crippen molar-refractivity contribution in [2.45, 2.75) is 88.9 Å². The van der Waals surface area contributed by atoms with E-state index in [1.807, 2.05) is 29.2 Å². The Morgan fingerprint density at radius 1 is 1.05 bits per heavy atom. The van der Waals surface area contributed by atoms with Crippen molar-refractivity contribution in [3.63, 3.8) is 0 Å². The Balaban J connectivity index is 1.22. The van der Waals surface area contributed by atoms with Gasteiger partial charge in [0.1, 0.15) is 28.6 Å². The van der Waals surface area contributed by atoms with Crippen molar-refractivity contribution in [3.8, 4) is 11.5 Å². The zero-order valence-corrected chi connectivity index (χ0v) is 24.5. The molecule has 2 saturated heterocycles. The zero-order valence-electron chi connectivity index (χ0n) is 24.5. The van der Waals surface area contributed by atoms with E-state index in [0.29, 0.717) is 50.5 Å². The van der Waals surface area contributed by atoms with Gasteiger partial charge in [-0.25, -0.2) is 4.79 Å². The maximum absolute atomic E-state index is 13.8. The van der Waals surface area contributed by atoms with Gasteiger partial charge in [0.2, 0.25) is 11.8 Å². The Bertz CT molecular complexity index is 1250. The number of ether oxygens (including phenoxy) is 1. The van der Waals surface area contributed by atoms with Crippen LogP contribution in [0.3, 0.4) is 0 Å². The van der Waals surface area contributed by atoms with Crippen LogP contribution in [-0.4, -0.2) is 75.1 Å². The Labute approximate surface area is 247 Å². The standard InChI is InChI=1S/C33H43N3O6/c1-2-3-19-36-30(38)28(29(37)24-9-5-4-6-10-24)34-32(41)33(36)17-20-35(21-18-33)22-23-13-15-25(16-14-23)42-27-12-8-7-11-26(27)31(39)40/h7-8,11-16,24,28-29,37H,2-6,9-10,17-22H2,1H3,(H,34,41)(H,39,40)/t28-,29-/m1/s1. The summed E-state index contributed by atoms with van der Waals surface area (Å²) < 4.78 is 5.83. The fourth-order valence-corrected chi connectivity index (χ4v) is 6.82. The first-order chi connectivity index (χ1) is 20.3. The molecule has 0 unspecified atom stereocenters. The fraction of sp³-hybridized carbons (Fsp3) is 0.545. The van der Waals surface area contributed by atoms with Gasteiger partial charge >= 0.3 is 5.97 Å². The summed E-state index contributed by atoms with van der Waals surface area (Å²) >= 11 is 0. The predicted molar refractivity (Wildman–Crippen MR) is 158 cm³/mol. The van der Waals surface area contributed by atoms with E-state index in [-0.39, 0.29) is 23.3 Å². The highest BCUT2D eigenvalue weighted by molar-refractivity contribution is 6.00. The van der Waals surface area contributed by atoms with Gasteiger partial charge in [0, 0.05) is 26.2 Å². The fourth-order valence-electron chi connectivity index (χ4n) is 6.82. The number of amides is 2. The van der Waals surface area contributed by atoms with Crippen LogP contribution in [0, 0.1) is 5.92 Å². The van der Waals surface area contributed by atoms with Crippen molar-refractivity contribution in [1.29, 1.82) is 0 Å². The van der Waals surface area contributed by atoms with Crippen molar-refractivity contribution in [2.75, 3.05) is 19.6 Å². The molecule has 9 nitrogen and oxygen atoms in total. The van der Waals surface area contributed by atoms with Crippen molar-refractivity contribution < 1.29 is 29.3 Å². The van der Waals surface area contributed by atoms with E-state index in [2.05, 4.69) is 17.1 Å². The Kier molecular flexibility index (Phi) is 9.48. The number of piperidine rings is 1. The molecule has 3 N–H and O–H groups in total. The monoisotopic (exact) mass is 577 g/mol. The van der Waals surface area contributed by atoms with Gasteiger partial charge in [0.05, 0.1) is 6.10 Å². The molecule has 1 spiro atoms. The number of carbonyl (C=O) groups is 3. The van der Waals surface area contributed by atoms with Crippen LogP contribution in [0.2, 0.25) is 0 Å². The number of rotatable bonds is 10. The van der Waals surface area contributed by atoms with Gasteiger partial charge in [0.25, 0.3) is 0 Å². The first kappa shape index (κ1) is 30.0. The Hall–Kier alpha value is -3.43. The van der Waals surface area contributed by atoms with Gasteiger partial charge in [-0.1, -0.05) is 56.9 Å². The van der Waals surface area contributed by atoms with Crippen molar-refractivity contribution in [2.24, 2.45) is 5.92 Å². The van der Waals surface area contributed by atoms with Gasteiger partial charge in [0.15, 0.2) is 0 Å². The lowest BCUT2D eigenvalue weighted by Gasteiger charge is -2.52. The lowest BCUT2D eigenvalue weighted by atomic mass is 9.78. The number of carbonyl (C=O) groups excluding carboxylic acids is 2. The van der Waals surface area contributed by atoms with Crippen LogP contribution in [0.5, 0.6) is 11.5 Å². The number of unbranched alkanes of at least 4 members (excludes halogenated alkanes) is 1. The smallest absolute Gasteiger partial charge is 0.339 e. The normalized spacial score (nSPS) is 22.1. The highest BCUT2D eigenvalue weighted by atomic mass is 16.5. The first-order valence-electron chi connectivity index (χ1n) is 15.4. The van der Waals surface area contributed by atoms with E-state index in [1.54, 1.807) is 18.2 Å². The quantitative estimate of drug-likeness (QED) is 0.378. The number of nitrogens with one attached hydrogen (secondary N) is 1. The average molecular weight is 578 g/mol. The molecule has 2 aliphatic heterocycles. The van der Waals surface area contributed by atoms with E-state index in [9.17, 15) is 24.6 Å². The number of aromatic carboxylic acids is 1. The van der Waals surface area contributed by atoms with Crippen molar-refractivity contribution in [3.05, 3.63) is 59.7 Å². The number of carboxylic acids is 1. The number of likely N-dealkylation sites (tertiary alicyclic amines) is 1. The molecule has 5 rings (SSSR count). The van der Waals surface area contributed by atoms with E-state index in [4.69, 9.17) is 4.74 Å². The molecule has 2 atom stereocenters. The lowest BCUT2D eigenvalue weighted by Crippen LogP contribution is -2.75. The zero-order chi connectivity index (χ0) is 29.7. The van der Waals surface area contributed by atoms with Gasteiger partial charge in [-0.2, -0.15) is 0 Å². The maximum Gasteiger partial charge on any atom is 0.339 e. The first-order valence-corrected chi connectivity index (χ1v) is 15.4. The van der Waals surface area contributed by atoms with Crippen LogP contribution in [0.4, 0.5) is 0 Å². The molecule has 42 heavy (non-hydrogen) atoms. The van der Waals surface area contributed by atoms with Gasteiger partial charge in [-0.3, -0.25) is 14.5 Å². The molecule has 3 aliphatic rings. The molecule has 2 aromatic carbocycles. The van der Waals surface area contributed by atoms with Gasteiger partial charge in [-0.05, 0) is 67.9 Å². The molecule has 3 fully saturated rings. The van der Waals surface area contributed by atoms with Crippen molar-refractivity contribution in [1.82, 2.24) is 15.1 Å². The van der Waals surface area contributed by atoms with Crippen LogP contribution >= 0.6 is 0 Å². The van der Waals surface area contributed by atoms with E-state index in [1.165, 1.54) is 6.07 Å². The molecule has 0 aromatic heterocycles. The largest absolute Gasteiger partial charge is 0.478 e. The van der Waals surface area contributed by atoms with E-state index < -0.39 is 23.7 Å². The molecular weight excluding hydrogens is 534 g/mol. The average Bonchev–Trinajstić information content (AvgIpc) is 3.01. The number of hydrogen-bond acceptors (Lipinski definition) is 6. The number of carboxylic acid groups (broad SMARTS) is 1. The molecule has 0 bridgehead atoms. The second-order valence-electron chi connectivity index (χ2n) is 12.0.